The predicted molar refractivity (Wildman–Crippen MR) is 73.0 cm³/mol. The lowest BCUT2D eigenvalue weighted by Gasteiger charge is -2.09. The van der Waals surface area contributed by atoms with E-state index in [0.29, 0.717) is 15.2 Å². The van der Waals surface area contributed by atoms with E-state index in [0.717, 1.165) is 0 Å². The number of hydrazine groups is 1. The van der Waals surface area contributed by atoms with Crippen molar-refractivity contribution in [3.05, 3.63) is 44.5 Å². The molecule has 0 amide bonds. The molecule has 2 rings (SSSR count). The predicted octanol–water partition coefficient (Wildman–Crippen LogP) is 1.59. The minimum Gasteiger partial charge on any atom is -0.290 e. The van der Waals surface area contributed by atoms with E-state index < -0.39 is 5.69 Å². The fourth-order valence-electron chi connectivity index (χ4n) is 1.38. The zero-order valence-corrected chi connectivity index (χ0v) is 11.7. The Morgan fingerprint density at radius 3 is 2.83 bits per heavy atom. The van der Waals surface area contributed by atoms with E-state index in [1.807, 2.05) is 0 Å². The summed E-state index contributed by atoms with van der Waals surface area (Å²) in [5, 5.41) is 0.435. The number of nitrogens with one attached hydrogen (secondary N) is 2. The van der Waals surface area contributed by atoms with Gasteiger partial charge in [-0.3, -0.25) is 5.43 Å². The molecule has 1 aromatic carbocycles. The van der Waals surface area contributed by atoms with Crippen molar-refractivity contribution in [1.82, 2.24) is 20.0 Å². The fraction of sp³-hybridized carbons (Fsp3) is 0.100. The van der Waals surface area contributed by atoms with Crippen LogP contribution in [0.2, 0.25) is 5.02 Å². The van der Waals surface area contributed by atoms with Gasteiger partial charge >= 0.3 is 5.69 Å². The number of halogens is 2. The van der Waals surface area contributed by atoms with Crippen molar-refractivity contribution in [2.75, 3.05) is 12.5 Å². The van der Waals surface area contributed by atoms with Gasteiger partial charge in [-0.2, -0.15) is 4.98 Å². The molecular weight excluding hydrogens is 322 g/mol. The Labute approximate surface area is 116 Å². The van der Waals surface area contributed by atoms with Gasteiger partial charge < -0.3 is 0 Å². The zero-order valence-electron chi connectivity index (χ0n) is 9.32. The first kappa shape index (κ1) is 13.0. The standard InChI is InChI=1S/C10H9BrClN5O/c1-13-16-9-14-5-17(10(18)15-9)8-6(11)3-2-4-7(8)12/h2-5,13H,1H3,(H,15,16,18). The van der Waals surface area contributed by atoms with Gasteiger partial charge in [0.25, 0.3) is 0 Å². The minimum absolute atomic E-state index is 0.196. The number of rotatable bonds is 3. The van der Waals surface area contributed by atoms with E-state index in [-0.39, 0.29) is 5.95 Å². The molecule has 94 valence electrons. The number of hydrogen-bond acceptors (Lipinski definition) is 5. The maximum atomic E-state index is 11.9. The summed E-state index contributed by atoms with van der Waals surface area (Å²) >= 11 is 9.40. The van der Waals surface area contributed by atoms with Crippen molar-refractivity contribution in [3.8, 4) is 5.69 Å². The molecule has 0 aliphatic carbocycles. The molecule has 1 heterocycles. The summed E-state index contributed by atoms with van der Waals surface area (Å²) in [6.45, 7) is 0. The molecule has 0 unspecified atom stereocenters. The summed E-state index contributed by atoms with van der Waals surface area (Å²) in [5.74, 6) is 0.196. The Hall–Kier alpha value is -1.44. The van der Waals surface area contributed by atoms with Crippen molar-refractivity contribution >= 4 is 33.5 Å². The van der Waals surface area contributed by atoms with Crippen molar-refractivity contribution in [2.24, 2.45) is 0 Å². The number of aromatic nitrogens is 3. The van der Waals surface area contributed by atoms with Crippen molar-refractivity contribution in [1.29, 1.82) is 0 Å². The highest BCUT2D eigenvalue weighted by atomic mass is 79.9. The molecule has 1 aromatic heterocycles. The molecule has 2 aromatic rings. The summed E-state index contributed by atoms with van der Waals surface area (Å²) in [7, 11) is 1.65. The fourth-order valence-corrected chi connectivity index (χ4v) is 2.32. The molecule has 0 saturated carbocycles. The second-order valence-electron chi connectivity index (χ2n) is 3.28. The van der Waals surface area contributed by atoms with Crippen LogP contribution in [0.1, 0.15) is 0 Å². The summed E-state index contributed by atoms with van der Waals surface area (Å²) in [4.78, 5) is 19.6. The normalized spacial score (nSPS) is 10.4. The van der Waals surface area contributed by atoms with E-state index in [1.165, 1.54) is 10.9 Å². The maximum Gasteiger partial charge on any atom is 0.356 e. The Balaban J connectivity index is 2.55. The van der Waals surface area contributed by atoms with Gasteiger partial charge in [0, 0.05) is 11.5 Å². The molecule has 0 aliphatic heterocycles. The highest BCUT2D eigenvalue weighted by molar-refractivity contribution is 9.10. The lowest BCUT2D eigenvalue weighted by molar-refractivity contribution is 0.834. The molecule has 0 spiro atoms. The van der Waals surface area contributed by atoms with Crippen LogP contribution in [0.15, 0.2) is 33.8 Å². The second kappa shape index (κ2) is 5.47. The lowest BCUT2D eigenvalue weighted by Crippen LogP contribution is -2.26. The average molecular weight is 331 g/mol. The monoisotopic (exact) mass is 329 g/mol. The molecule has 18 heavy (non-hydrogen) atoms. The highest BCUT2D eigenvalue weighted by Gasteiger charge is 2.10. The third kappa shape index (κ3) is 2.53. The SMILES string of the molecule is CNNc1ncn(-c2c(Cl)cccc2Br)c(=O)n1. The van der Waals surface area contributed by atoms with Gasteiger partial charge in [-0.15, -0.1) is 0 Å². The van der Waals surface area contributed by atoms with Crippen LogP contribution >= 0.6 is 27.5 Å². The number of para-hydroxylation sites is 1. The van der Waals surface area contributed by atoms with Gasteiger partial charge in [0.05, 0.1) is 10.7 Å². The first-order valence-electron chi connectivity index (χ1n) is 4.96. The van der Waals surface area contributed by atoms with Crippen LogP contribution in [0.5, 0.6) is 0 Å². The molecular formula is C10H9BrClN5O. The van der Waals surface area contributed by atoms with Crippen LogP contribution in [0.25, 0.3) is 5.69 Å². The summed E-state index contributed by atoms with van der Waals surface area (Å²) in [5.41, 5.74) is 5.30. The largest absolute Gasteiger partial charge is 0.356 e. The van der Waals surface area contributed by atoms with Gasteiger partial charge in [0.15, 0.2) is 0 Å². The molecule has 0 bridgehead atoms. The average Bonchev–Trinajstić information content (AvgIpc) is 2.32. The zero-order chi connectivity index (χ0) is 13.1. The smallest absolute Gasteiger partial charge is 0.290 e. The number of benzene rings is 1. The summed E-state index contributed by atoms with van der Waals surface area (Å²) in [6.07, 6.45) is 1.36. The number of nitrogens with zero attached hydrogens (tertiary/aromatic N) is 3. The van der Waals surface area contributed by atoms with Crippen molar-refractivity contribution in [3.63, 3.8) is 0 Å². The van der Waals surface area contributed by atoms with Crippen LogP contribution in [-0.4, -0.2) is 21.6 Å². The molecule has 0 atom stereocenters. The Bertz CT molecular complexity index is 610. The van der Waals surface area contributed by atoms with Crippen molar-refractivity contribution < 1.29 is 0 Å². The third-order valence-corrected chi connectivity index (χ3v) is 3.06. The van der Waals surface area contributed by atoms with E-state index in [4.69, 9.17) is 11.6 Å². The van der Waals surface area contributed by atoms with E-state index in [1.54, 1.807) is 25.2 Å². The highest BCUT2D eigenvalue weighted by Crippen LogP contribution is 2.27. The maximum absolute atomic E-state index is 11.9. The Morgan fingerprint density at radius 2 is 2.22 bits per heavy atom. The molecule has 0 aliphatic rings. The molecule has 0 saturated heterocycles. The van der Waals surface area contributed by atoms with Gasteiger partial charge in [-0.25, -0.2) is 19.8 Å². The van der Waals surface area contributed by atoms with E-state index in [9.17, 15) is 4.79 Å². The van der Waals surface area contributed by atoms with Crippen LogP contribution in [0.3, 0.4) is 0 Å². The quantitative estimate of drug-likeness (QED) is 0.836. The molecule has 0 fully saturated rings. The van der Waals surface area contributed by atoms with Gasteiger partial charge in [0.2, 0.25) is 5.95 Å². The topological polar surface area (TPSA) is 71.8 Å². The van der Waals surface area contributed by atoms with Gasteiger partial charge in [0.1, 0.15) is 6.33 Å². The molecule has 8 heteroatoms. The molecule has 6 nitrogen and oxygen atoms in total. The molecule has 0 radical (unpaired) electrons. The third-order valence-electron chi connectivity index (χ3n) is 2.12. The van der Waals surface area contributed by atoms with Crippen LogP contribution in [0.4, 0.5) is 5.95 Å². The number of anilines is 1. The molecule has 2 N–H and O–H groups in total. The van der Waals surface area contributed by atoms with Crippen LogP contribution < -0.4 is 16.5 Å². The van der Waals surface area contributed by atoms with Crippen LogP contribution in [0, 0.1) is 0 Å². The van der Waals surface area contributed by atoms with Crippen LogP contribution in [-0.2, 0) is 0 Å². The van der Waals surface area contributed by atoms with E-state index in [2.05, 4.69) is 36.7 Å². The number of hydrogen-bond donors (Lipinski definition) is 2. The first-order chi connectivity index (χ1) is 8.63. The Morgan fingerprint density at radius 1 is 1.44 bits per heavy atom. The van der Waals surface area contributed by atoms with Crippen molar-refractivity contribution in [2.45, 2.75) is 0 Å². The van der Waals surface area contributed by atoms with Gasteiger partial charge in [-0.05, 0) is 28.1 Å². The summed E-state index contributed by atoms with van der Waals surface area (Å²) in [6, 6.07) is 5.25. The second-order valence-corrected chi connectivity index (χ2v) is 4.54. The summed E-state index contributed by atoms with van der Waals surface area (Å²) < 4.78 is 1.96. The lowest BCUT2D eigenvalue weighted by atomic mass is 10.3. The Kier molecular flexibility index (Phi) is 3.95. The minimum atomic E-state index is -0.475. The van der Waals surface area contributed by atoms with E-state index >= 15 is 0 Å². The van der Waals surface area contributed by atoms with Gasteiger partial charge in [-0.1, -0.05) is 17.7 Å². The first-order valence-corrected chi connectivity index (χ1v) is 6.13.